The Morgan fingerprint density at radius 1 is 1.12 bits per heavy atom. The second kappa shape index (κ2) is 9.02. The molecule has 1 saturated heterocycles. The van der Waals surface area contributed by atoms with Gasteiger partial charge in [-0.1, -0.05) is 18.2 Å². The molecule has 2 rings (SSSR count). The normalized spacial score (nSPS) is 20.0. The lowest BCUT2D eigenvalue weighted by molar-refractivity contribution is -0.897. The molecule has 0 aliphatic carbocycles. The van der Waals surface area contributed by atoms with Crippen molar-refractivity contribution < 1.29 is 24.0 Å². The summed E-state index contributed by atoms with van der Waals surface area (Å²) in [6, 6.07) is 8.68. The topological polar surface area (TPSA) is 88.9 Å². The molecule has 7 nitrogen and oxygen atoms in total. The Kier molecular flexibility index (Phi) is 6.74. The van der Waals surface area contributed by atoms with Gasteiger partial charge in [-0.2, -0.15) is 0 Å². The molecule has 1 aromatic carbocycles. The lowest BCUT2D eigenvalue weighted by atomic mass is 9.97. The van der Waals surface area contributed by atoms with E-state index in [2.05, 4.69) is 10.9 Å². The maximum atomic E-state index is 11.9. The van der Waals surface area contributed by atoms with Gasteiger partial charge in [-0.3, -0.25) is 25.2 Å². The Balaban J connectivity index is 1.68. The standard InChI is InChI=1S/C17H23N3O4/c1-2-24-17(23)14-8-10-20(11-9-14)12-15(21)18-19-16(22)13-6-4-3-5-7-13/h3-7,14H,2,8-12H2,1H3,(H,18,21)(H,19,22)/p+1. The van der Waals surface area contributed by atoms with Crippen LogP contribution in [0.3, 0.4) is 0 Å². The fraction of sp³-hybridized carbons (Fsp3) is 0.471. The number of rotatable bonds is 5. The van der Waals surface area contributed by atoms with Crippen molar-refractivity contribution in [3.05, 3.63) is 35.9 Å². The molecule has 0 saturated carbocycles. The minimum absolute atomic E-state index is 0.0606. The minimum Gasteiger partial charge on any atom is -0.466 e. The van der Waals surface area contributed by atoms with E-state index in [1.165, 1.54) is 0 Å². The molecule has 2 amide bonds. The van der Waals surface area contributed by atoms with E-state index >= 15 is 0 Å². The largest absolute Gasteiger partial charge is 0.466 e. The number of hydrogen-bond acceptors (Lipinski definition) is 4. The fourth-order valence-electron chi connectivity index (χ4n) is 2.76. The van der Waals surface area contributed by atoms with Gasteiger partial charge in [0.15, 0.2) is 6.54 Å². The predicted octanol–water partition coefficient (Wildman–Crippen LogP) is -0.694. The lowest BCUT2D eigenvalue weighted by Crippen LogP contribution is -3.14. The van der Waals surface area contributed by atoms with E-state index in [0.29, 0.717) is 12.2 Å². The van der Waals surface area contributed by atoms with Crippen LogP contribution in [0.15, 0.2) is 30.3 Å². The van der Waals surface area contributed by atoms with Crippen molar-refractivity contribution in [2.75, 3.05) is 26.2 Å². The number of carbonyl (C=O) groups is 3. The molecule has 0 spiro atoms. The van der Waals surface area contributed by atoms with Crippen LogP contribution in [0.1, 0.15) is 30.1 Å². The van der Waals surface area contributed by atoms with Crippen molar-refractivity contribution in [1.29, 1.82) is 0 Å². The highest BCUT2D eigenvalue weighted by Crippen LogP contribution is 2.11. The first-order valence-electron chi connectivity index (χ1n) is 8.24. The maximum absolute atomic E-state index is 11.9. The van der Waals surface area contributed by atoms with Gasteiger partial charge in [-0.25, -0.2) is 0 Å². The second-order valence-electron chi connectivity index (χ2n) is 5.82. The van der Waals surface area contributed by atoms with E-state index in [9.17, 15) is 14.4 Å². The van der Waals surface area contributed by atoms with Crippen LogP contribution < -0.4 is 15.8 Å². The molecule has 0 unspecified atom stereocenters. The van der Waals surface area contributed by atoms with Crippen LogP contribution in [0.4, 0.5) is 0 Å². The number of quaternary nitrogens is 1. The quantitative estimate of drug-likeness (QED) is 0.491. The first-order chi connectivity index (χ1) is 11.6. The number of nitrogens with one attached hydrogen (secondary N) is 3. The van der Waals surface area contributed by atoms with Gasteiger partial charge >= 0.3 is 5.97 Å². The van der Waals surface area contributed by atoms with E-state index in [4.69, 9.17) is 4.74 Å². The average Bonchev–Trinajstić information content (AvgIpc) is 2.61. The molecule has 1 fully saturated rings. The minimum atomic E-state index is -0.347. The number of hydrogen-bond donors (Lipinski definition) is 3. The summed E-state index contributed by atoms with van der Waals surface area (Å²) >= 11 is 0. The highest BCUT2D eigenvalue weighted by Gasteiger charge is 2.29. The third kappa shape index (κ3) is 5.34. The van der Waals surface area contributed by atoms with Gasteiger partial charge in [0.2, 0.25) is 0 Å². The van der Waals surface area contributed by atoms with Crippen LogP contribution in [0, 0.1) is 5.92 Å². The fourth-order valence-corrected chi connectivity index (χ4v) is 2.76. The highest BCUT2D eigenvalue weighted by molar-refractivity contribution is 5.95. The Morgan fingerprint density at radius 3 is 2.42 bits per heavy atom. The van der Waals surface area contributed by atoms with E-state index in [-0.39, 0.29) is 30.2 Å². The molecule has 1 aromatic rings. The van der Waals surface area contributed by atoms with Crippen LogP contribution in [0.5, 0.6) is 0 Å². The molecule has 130 valence electrons. The van der Waals surface area contributed by atoms with Gasteiger partial charge < -0.3 is 9.64 Å². The molecular weight excluding hydrogens is 310 g/mol. The number of esters is 1. The summed E-state index contributed by atoms with van der Waals surface area (Å²) in [6.45, 7) is 3.94. The van der Waals surface area contributed by atoms with E-state index in [1.807, 2.05) is 6.07 Å². The smallest absolute Gasteiger partial charge is 0.309 e. The summed E-state index contributed by atoms with van der Waals surface area (Å²) in [5, 5.41) is 0. The molecule has 1 aliphatic heterocycles. The molecule has 7 heteroatoms. The first kappa shape index (κ1) is 17.9. The lowest BCUT2D eigenvalue weighted by Gasteiger charge is -2.27. The van der Waals surface area contributed by atoms with Gasteiger partial charge in [0.25, 0.3) is 11.8 Å². The second-order valence-corrected chi connectivity index (χ2v) is 5.82. The van der Waals surface area contributed by atoms with Crippen molar-refractivity contribution in [3.63, 3.8) is 0 Å². The molecule has 1 aliphatic rings. The summed E-state index contributed by atoms with van der Waals surface area (Å²) in [6.07, 6.45) is 1.44. The molecule has 0 radical (unpaired) electrons. The molecule has 3 N–H and O–H groups in total. The number of carbonyl (C=O) groups excluding carboxylic acids is 3. The van der Waals surface area contributed by atoms with Gasteiger partial charge in [0.05, 0.1) is 25.6 Å². The zero-order valence-corrected chi connectivity index (χ0v) is 13.8. The molecule has 24 heavy (non-hydrogen) atoms. The molecule has 0 bridgehead atoms. The van der Waals surface area contributed by atoms with Crippen LogP contribution in [0.2, 0.25) is 0 Å². The van der Waals surface area contributed by atoms with Crippen molar-refractivity contribution in [2.45, 2.75) is 19.8 Å². The predicted molar refractivity (Wildman–Crippen MR) is 87.0 cm³/mol. The number of benzene rings is 1. The van der Waals surface area contributed by atoms with Gasteiger partial charge in [-0.05, 0) is 19.1 Å². The van der Waals surface area contributed by atoms with Crippen LogP contribution in [0.25, 0.3) is 0 Å². The maximum Gasteiger partial charge on any atom is 0.309 e. The third-order valence-corrected chi connectivity index (χ3v) is 4.07. The zero-order chi connectivity index (χ0) is 17.4. The Bertz CT molecular complexity index is 568. The van der Waals surface area contributed by atoms with Crippen LogP contribution in [-0.2, 0) is 14.3 Å². The van der Waals surface area contributed by atoms with Gasteiger partial charge in [0, 0.05) is 18.4 Å². The molecule has 1 heterocycles. The summed E-state index contributed by atoms with van der Waals surface area (Å²) in [5.74, 6) is -0.797. The summed E-state index contributed by atoms with van der Waals surface area (Å²) < 4.78 is 5.03. The number of hydrazine groups is 1. The third-order valence-electron chi connectivity index (χ3n) is 4.07. The number of amides is 2. The van der Waals surface area contributed by atoms with Crippen LogP contribution in [-0.4, -0.2) is 44.0 Å². The van der Waals surface area contributed by atoms with Crippen molar-refractivity contribution in [3.8, 4) is 0 Å². The molecular formula is C17H24N3O4+. The number of likely N-dealkylation sites (tertiary alicyclic amines) is 1. The van der Waals surface area contributed by atoms with Gasteiger partial charge in [0.1, 0.15) is 0 Å². The monoisotopic (exact) mass is 334 g/mol. The molecule has 0 aromatic heterocycles. The van der Waals surface area contributed by atoms with Crippen molar-refractivity contribution >= 4 is 17.8 Å². The van der Waals surface area contributed by atoms with Crippen molar-refractivity contribution in [2.24, 2.45) is 5.92 Å². The number of ether oxygens (including phenoxy) is 1. The summed E-state index contributed by atoms with van der Waals surface area (Å²) in [7, 11) is 0. The number of piperidine rings is 1. The van der Waals surface area contributed by atoms with Gasteiger partial charge in [-0.15, -0.1) is 0 Å². The average molecular weight is 334 g/mol. The van der Waals surface area contributed by atoms with E-state index < -0.39 is 0 Å². The zero-order valence-electron chi connectivity index (χ0n) is 13.8. The van der Waals surface area contributed by atoms with Crippen molar-refractivity contribution in [1.82, 2.24) is 10.9 Å². The highest BCUT2D eigenvalue weighted by atomic mass is 16.5. The SMILES string of the molecule is CCOC(=O)C1CC[NH+](CC(=O)NNC(=O)c2ccccc2)CC1. The summed E-state index contributed by atoms with van der Waals surface area (Å²) in [4.78, 5) is 36.5. The van der Waals surface area contributed by atoms with Crippen LogP contribution >= 0.6 is 0 Å². The summed E-state index contributed by atoms with van der Waals surface area (Å²) in [5.41, 5.74) is 5.32. The Morgan fingerprint density at radius 2 is 1.79 bits per heavy atom. The van der Waals surface area contributed by atoms with E-state index in [1.54, 1.807) is 31.2 Å². The Labute approximate surface area is 141 Å². The molecule has 0 atom stereocenters. The Hall–Kier alpha value is -2.41. The first-order valence-corrected chi connectivity index (χ1v) is 8.24. The van der Waals surface area contributed by atoms with E-state index in [0.717, 1.165) is 30.8 Å².